The number of carboxylic acids is 6. The lowest BCUT2D eigenvalue weighted by Crippen LogP contribution is -2.40. The van der Waals surface area contributed by atoms with Gasteiger partial charge in [-0.25, -0.2) is 9.97 Å². The zero-order valence-electron chi connectivity index (χ0n) is 32.9. The molecule has 0 spiro atoms. The third kappa shape index (κ3) is 19.5. The maximum Gasteiger partial charge on any atom is 0.0951 e. The van der Waals surface area contributed by atoms with Crippen LogP contribution in [0.4, 0.5) is 0 Å². The van der Waals surface area contributed by atoms with Crippen LogP contribution in [0.3, 0.4) is 0 Å². The van der Waals surface area contributed by atoms with Crippen molar-refractivity contribution in [2.45, 2.75) is 141 Å². The van der Waals surface area contributed by atoms with Crippen molar-refractivity contribution >= 4 is 35.8 Å². The number of hydrogen-bond donors (Lipinski definition) is 2. The second-order valence-corrected chi connectivity index (χ2v) is 13.9. The second kappa shape index (κ2) is 26.3. The Morgan fingerprint density at radius 2 is 0.793 bits per heavy atom. The van der Waals surface area contributed by atoms with E-state index in [4.69, 9.17) is 0 Å². The average molecular weight is 809 g/mol. The molecule has 2 unspecified atom stereocenters. The number of aromatic nitrogens is 4. The van der Waals surface area contributed by atoms with Gasteiger partial charge in [0, 0.05) is 61.5 Å². The van der Waals surface area contributed by atoms with Gasteiger partial charge in [0.2, 0.25) is 0 Å². The molecular formula is C40H52N6O12-6. The molecule has 6 rings (SSSR count). The molecule has 2 aromatic heterocycles. The summed E-state index contributed by atoms with van der Waals surface area (Å²) in [5.74, 6) is -9.28. The lowest BCUT2D eigenvalue weighted by Gasteiger charge is -2.26. The van der Waals surface area contributed by atoms with Gasteiger partial charge in [-0.15, -0.1) is 0 Å². The standard InChI is InChI=1S/2C14H23N3.3C4H4O4/c2*1-2-17-10-15-13-9-12(7-8-14(13)17)16-11-5-3-4-6-11;3*5-3(6)1-2-4(7)8/h2*10-12,16H,2-9H2,1H3;3*1-2H,(H,5,6)(H,7,8)/p-6/b;;3*2-1+. The quantitative estimate of drug-likeness (QED) is 0.192. The van der Waals surface area contributed by atoms with Gasteiger partial charge in [0.1, 0.15) is 0 Å². The molecule has 0 saturated heterocycles. The smallest absolute Gasteiger partial charge is 0.0951 e. The molecule has 320 valence electrons. The van der Waals surface area contributed by atoms with Crippen LogP contribution in [0.15, 0.2) is 49.1 Å². The third-order valence-corrected chi connectivity index (χ3v) is 9.81. The van der Waals surface area contributed by atoms with Crippen LogP contribution in [0, 0.1) is 0 Å². The minimum atomic E-state index is -1.55. The molecule has 58 heavy (non-hydrogen) atoms. The van der Waals surface area contributed by atoms with Crippen molar-refractivity contribution in [2.75, 3.05) is 0 Å². The number of carboxylic acid groups (broad SMARTS) is 6. The van der Waals surface area contributed by atoms with E-state index in [1.165, 1.54) is 99.8 Å². The number of hydrogen-bond acceptors (Lipinski definition) is 16. The molecule has 2 saturated carbocycles. The number of aliphatic carboxylic acids is 6. The van der Waals surface area contributed by atoms with Crippen LogP contribution >= 0.6 is 0 Å². The molecule has 2 fully saturated rings. The molecule has 18 heteroatoms. The highest BCUT2D eigenvalue weighted by Gasteiger charge is 2.26. The van der Waals surface area contributed by atoms with E-state index in [2.05, 4.69) is 43.6 Å². The van der Waals surface area contributed by atoms with Gasteiger partial charge in [-0.1, -0.05) is 25.7 Å². The van der Waals surface area contributed by atoms with Gasteiger partial charge >= 0.3 is 0 Å². The predicted molar refractivity (Wildman–Crippen MR) is 196 cm³/mol. The van der Waals surface area contributed by atoms with Crippen molar-refractivity contribution in [2.24, 2.45) is 0 Å². The summed E-state index contributed by atoms with van der Waals surface area (Å²) in [6.07, 6.45) is 24.8. The molecule has 2 N–H and O–H groups in total. The molecule has 4 aliphatic rings. The van der Waals surface area contributed by atoms with Crippen molar-refractivity contribution in [1.82, 2.24) is 29.7 Å². The lowest BCUT2D eigenvalue weighted by molar-refractivity contribution is -0.301. The zero-order chi connectivity index (χ0) is 43.0. The number of imidazole rings is 2. The van der Waals surface area contributed by atoms with Gasteiger partial charge in [0.25, 0.3) is 0 Å². The summed E-state index contributed by atoms with van der Waals surface area (Å²) in [4.78, 5) is 65.6. The van der Waals surface area contributed by atoms with Gasteiger partial charge in [-0.05, 0) is 102 Å². The number of fused-ring (bicyclic) bond motifs is 2. The molecule has 4 aliphatic carbocycles. The normalized spacial score (nSPS) is 18.7. The van der Waals surface area contributed by atoms with Crippen LogP contribution < -0.4 is 41.3 Å². The first kappa shape index (κ1) is 48.5. The summed E-state index contributed by atoms with van der Waals surface area (Å²) in [6.45, 7) is 6.52. The van der Waals surface area contributed by atoms with Crippen molar-refractivity contribution in [3.63, 3.8) is 0 Å². The fourth-order valence-electron chi connectivity index (χ4n) is 7.20. The Kier molecular flexibility index (Phi) is 22.0. The topological polar surface area (TPSA) is 300 Å². The number of carbonyl (C=O) groups is 6. The van der Waals surface area contributed by atoms with Crippen LogP contribution in [0.25, 0.3) is 0 Å². The fourth-order valence-corrected chi connectivity index (χ4v) is 7.20. The first-order valence-electron chi connectivity index (χ1n) is 19.5. The van der Waals surface area contributed by atoms with Crippen molar-refractivity contribution in [3.05, 3.63) is 71.9 Å². The third-order valence-electron chi connectivity index (χ3n) is 9.81. The fraction of sp³-hybridized carbons (Fsp3) is 0.550. The molecular weight excluding hydrogens is 756 g/mol. The van der Waals surface area contributed by atoms with Crippen molar-refractivity contribution in [3.8, 4) is 0 Å². The highest BCUT2D eigenvalue weighted by atomic mass is 16.4. The highest BCUT2D eigenvalue weighted by Crippen LogP contribution is 2.25. The molecule has 2 aromatic rings. The molecule has 0 amide bonds. The second-order valence-electron chi connectivity index (χ2n) is 13.9. The summed E-state index contributed by atoms with van der Waals surface area (Å²) in [5, 5.41) is 64.2. The van der Waals surface area contributed by atoms with Crippen molar-refractivity contribution < 1.29 is 59.4 Å². The average Bonchev–Trinajstić information content (AvgIpc) is 4.02. The van der Waals surface area contributed by atoms with E-state index < -0.39 is 35.8 Å². The summed E-state index contributed by atoms with van der Waals surface area (Å²) in [5.41, 5.74) is 5.65. The maximum atomic E-state index is 9.41. The Labute approximate surface area is 337 Å². The monoisotopic (exact) mass is 808 g/mol. The minimum Gasteiger partial charge on any atom is -0.545 e. The van der Waals surface area contributed by atoms with Crippen molar-refractivity contribution in [1.29, 1.82) is 0 Å². The summed E-state index contributed by atoms with van der Waals surface area (Å²) < 4.78 is 4.61. The highest BCUT2D eigenvalue weighted by molar-refractivity contribution is 5.88. The van der Waals surface area contributed by atoms with E-state index in [0.717, 1.165) is 38.0 Å². The Balaban J connectivity index is 0.000000265. The molecule has 18 nitrogen and oxygen atoms in total. The molecule has 0 aromatic carbocycles. The zero-order valence-corrected chi connectivity index (χ0v) is 32.9. The summed E-state index contributed by atoms with van der Waals surface area (Å²) in [7, 11) is 0. The first-order chi connectivity index (χ1) is 27.6. The van der Waals surface area contributed by atoms with Crippen LogP contribution in [0.2, 0.25) is 0 Å². The van der Waals surface area contributed by atoms with E-state index >= 15 is 0 Å². The Bertz CT molecular complexity index is 1530. The maximum absolute atomic E-state index is 9.41. The lowest BCUT2D eigenvalue weighted by atomic mass is 9.95. The van der Waals surface area contributed by atoms with Crippen LogP contribution in [-0.2, 0) is 67.5 Å². The van der Waals surface area contributed by atoms with Gasteiger partial charge in [-0.2, -0.15) is 0 Å². The molecule has 2 heterocycles. The molecule has 0 radical (unpaired) electrons. The summed E-state index contributed by atoms with van der Waals surface area (Å²) in [6, 6.07) is 2.92. The predicted octanol–water partition coefficient (Wildman–Crippen LogP) is -4.29. The number of nitrogens with one attached hydrogen (secondary N) is 2. The molecule has 2 atom stereocenters. The van der Waals surface area contributed by atoms with Gasteiger partial charge in [0.05, 0.1) is 59.9 Å². The largest absolute Gasteiger partial charge is 0.545 e. The number of nitrogens with zero attached hydrogens (tertiary/aromatic N) is 4. The van der Waals surface area contributed by atoms with Gasteiger partial charge in [0.15, 0.2) is 0 Å². The van der Waals surface area contributed by atoms with E-state index in [-0.39, 0.29) is 0 Å². The van der Waals surface area contributed by atoms with Gasteiger partial charge in [-0.3, -0.25) is 0 Å². The Hall–Kier alpha value is -5.62. The number of rotatable bonds is 12. The number of carbonyl (C=O) groups excluding carboxylic acids is 6. The van der Waals surface area contributed by atoms with E-state index in [1.807, 2.05) is 12.7 Å². The molecule has 0 aliphatic heterocycles. The Morgan fingerprint density at radius 3 is 1.03 bits per heavy atom. The summed E-state index contributed by atoms with van der Waals surface area (Å²) >= 11 is 0. The van der Waals surface area contributed by atoms with Crippen LogP contribution in [0.1, 0.15) is 101 Å². The first-order valence-corrected chi connectivity index (χ1v) is 19.5. The van der Waals surface area contributed by atoms with Crippen LogP contribution in [0.5, 0.6) is 0 Å². The van der Waals surface area contributed by atoms with Gasteiger partial charge < -0.3 is 79.2 Å². The SMILES string of the molecule is CCn1cnc2c1CCC(NC1CCCC1)C2.CCn1cnc2c1CCC(NC1CCCC1)C2.O=C([O-])/C=C/C(=O)[O-].O=C([O-])/C=C/C(=O)[O-].O=C([O-])/C=C/C(=O)[O-]. The number of aryl methyl sites for hydroxylation is 2. The van der Waals surface area contributed by atoms with Crippen LogP contribution in [-0.4, -0.2) is 79.1 Å². The van der Waals surface area contributed by atoms with E-state index in [1.54, 1.807) is 0 Å². The Morgan fingerprint density at radius 1 is 0.517 bits per heavy atom. The molecule has 0 bridgehead atoms. The minimum absolute atomic E-state index is 0.384. The van der Waals surface area contributed by atoms with E-state index in [9.17, 15) is 59.4 Å². The van der Waals surface area contributed by atoms with E-state index in [0.29, 0.717) is 48.5 Å².